The summed E-state index contributed by atoms with van der Waals surface area (Å²) in [6.07, 6.45) is 4.38. The zero-order chi connectivity index (χ0) is 7.31. The molecule has 1 aliphatic carbocycles. The summed E-state index contributed by atoms with van der Waals surface area (Å²) in [7, 11) is 0. The normalized spacial score (nSPS) is 36.0. The first-order chi connectivity index (χ1) is 5.38. The summed E-state index contributed by atoms with van der Waals surface area (Å²) in [5, 5.41) is 3.47. The van der Waals surface area contributed by atoms with Crippen molar-refractivity contribution in [3.63, 3.8) is 0 Å². The first kappa shape index (κ1) is 6.44. The standard InChI is InChI=1S/C9H16N2/c1-2-8(1)11-6-9(7-11)3-4-10-5-9/h8,10H,1-7H2. The number of hydrogen-bond donors (Lipinski definition) is 1. The van der Waals surface area contributed by atoms with E-state index in [1.54, 1.807) is 0 Å². The van der Waals surface area contributed by atoms with E-state index in [0.29, 0.717) is 0 Å². The first-order valence-corrected chi connectivity index (χ1v) is 4.83. The summed E-state index contributed by atoms with van der Waals surface area (Å²) in [5.41, 5.74) is 0.725. The molecule has 2 nitrogen and oxygen atoms in total. The van der Waals surface area contributed by atoms with Gasteiger partial charge in [-0.25, -0.2) is 0 Å². The maximum absolute atomic E-state index is 3.47. The average Bonchev–Trinajstić information content (AvgIpc) is 2.64. The van der Waals surface area contributed by atoms with Gasteiger partial charge in [0.2, 0.25) is 0 Å². The topological polar surface area (TPSA) is 15.3 Å². The molecule has 1 N–H and O–H groups in total. The van der Waals surface area contributed by atoms with Crippen molar-refractivity contribution in [1.29, 1.82) is 0 Å². The van der Waals surface area contributed by atoms with Crippen molar-refractivity contribution in [2.45, 2.75) is 25.3 Å². The minimum atomic E-state index is 0.725. The van der Waals surface area contributed by atoms with Crippen molar-refractivity contribution < 1.29 is 0 Å². The smallest absolute Gasteiger partial charge is 0.00969 e. The number of likely N-dealkylation sites (tertiary alicyclic amines) is 1. The Hall–Kier alpha value is -0.0800. The Morgan fingerprint density at radius 1 is 1.27 bits per heavy atom. The lowest BCUT2D eigenvalue weighted by Crippen LogP contribution is -2.57. The van der Waals surface area contributed by atoms with Gasteiger partial charge in [-0.15, -0.1) is 0 Å². The van der Waals surface area contributed by atoms with E-state index in [4.69, 9.17) is 0 Å². The van der Waals surface area contributed by atoms with E-state index < -0.39 is 0 Å². The highest BCUT2D eigenvalue weighted by Gasteiger charge is 2.48. The van der Waals surface area contributed by atoms with Crippen LogP contribution in [0.4, 0.5) is 0 Å². The van der Waals surface area contributed by atoms with Crippen LogP contribution in [0.25, 0.3) is 0 Å². The Kier molecular flexibility index (Phi) is 1.16. The fraction of sp³-hybridized carbons (Fsp3) is 1.00. The van der Waals surface area contributed by atoms with Gasteiger partial charge in [0, 0.05) is 31.1 Å². The minimum absolute atomic E-state index is 0.725. The van der Waals surface area contributed by atoms with Crippen molar-refractivity contribution >= 4 is 0 Å². The third-order valence-electron chi connectivity index (χ3n) is 3.47. The maximum atomic E-state index is 3.47. The Bertz CT molecular complexity index is 160. The Balaban J connectivity index is 1.60. The molecular formula is C9H16N2. The molecule has 2 heteroatoms. The molecule has 62 valence electrons. The van der Waals surface area contributed by atoms with Crippen LogP contribution >= 0.6 is 0 Å². The lowest BCUT2D eigenvalue weighted by molar-refractivity contribution is 0.0100. The lowest BCUT2D eigenvalue weighted by Gasteiger charge is -2.48. The lowest BCUT2D eigenvalue weighted by atomic mass is 9.79. The molecule has 1 spiro atoms. The summed E-state index contributed by atoms with van der Waals surface area (Å²) in [6, 6.07) is 1.00. The van der Waals surface area contributed by atoms with Gasteiger partial charge in [-0.3, -0.25) is 4.90 Å². The molecule has 0 aromatic carbocycles. The van der Waals surface area contributed by atoms with E-state index >= 15 is 0 Å². The van der Waals surface area contributed by atoms with Gasteiger partial charge in [0.05, 0.1) is 0 Å². The van der Waals surface area contributed by atoms with E-state index in [0.717, 1.165) is 11.5 Å². The van der Waals surface area contributed by atoms with Crippen molar-refractivity contribution in [3.05, 3.63) is 0 Å². The van der Waals surface area contributed by atoms with Crippen LogP contribution in [-0.2, 0) is 0 Å². The van der Waals surface area contributed by atoms with Crippen LogP contribution in [-0.4, -0.2) is 37.1 Å². The predicted molar refractivity (Wildman–Crippen MR) is 44.5 cm³/mol. The van der Waals surface area contributed by atoms with Crippen molar-refractivity contribution in [2.75, 3.05) is 26.2 Å². The Labute approximate surface area is 68.0 Å². The van der Waals surface area contributed by atoms with Gasteiger partial charge in [-0.1, -0.05) is 0 Å². The second kappa shape index (κ2) is 1.99. The maximum Gasteiger partial charge on any atom is 0.00969 e. The zero-order valence-electron chi connectivity index (χ0n) is 6.97. The third kappa shape index (κ3) is 0.926. The van der Waals surface area contributed by atoms with Crippen LogP contribution in [0.2, 0.25) is 0 Å². The van der Waals surface area contributed by atoms with Gasteiger partial charge in [0.1, 0.15) is 0 Å². The molecular weight excluding hydrogens is 136 g/mol. The monoisotopic (exact) mass is 152 g/mol. The predicted octanol–water partition coefficient (Wildman–Crippen LogP) is 0.444. The Morgan fingerprint density at radius 2 is 2.09 bits per heavy atom. The molecule has 2 saturated heterocycles. The number of hydrogen-bond acceptors (Lipinski definition) is 2. The quantitative estimate of drug-likeness (QED) is 0.586. The van der Waals surface area contributed by atoms with E-state index in [9.17, 15) is 0 Å². The highest BCUT2D eigenvalue weighted by Crippen LogP contribution is 2.42. The highest BCUT2D eigenvalue weighted by atomic mass is 15.3. The van der Waals surface area contributed by atoms with Crippen LogP contribution in [0.5, 0.6) is 0 Å². The molecule has 0 aromatic rings. The summed E-state index contributed by atoms with van der Waals surface area (Å²) in [6.45, 7) is 5.34. The second-order valence-corrected chi connectivity index (χ2v) is 4.56. The summed E-state index contributed by atoms with van der Waals surface area (Å²) >= 11 is 0. The molecule has 2 aliphatic heterocycles. The van der Waals surface area contributed by atoms with Gasteiger partial charge < -0.3 is 5.32 Å². The zero-order valence-corrected chi connectivity index (χ0v) is 6.97. The number of nitrogens with zero attached hydrogens (tertiary/aromatic N) is 1. The van der Waals surface area contributed by atoms with Crippen LogP contribution in [0, 0.1) is 5.41 Å². The van der Waals surface area contributed by atoms with E-state index in [2.05, 4.69) is 10.2 Å². The molecule has 0 bridgehead atoms. The molecule has 11 heavy (non-hydrogen) atoms. The van der Waals surface area contributed by atoms with Gasteiger partial charge in [0.25, 0.3) is 0 Å². The van der Waals surface area contributed by atoms with Crippen LogP contribution in [0.15, 0.2) is 0 Å². The van der Waals surface area contributed by atoms with E-state index in [-0.39, 0.29) is 0 Å². The number of nitrogens with one attached hydrogen (secondary N) is 1. The molecule has 1 saturated carbocycles. The highest BCUT2D eigenvalue weighted by molar-refractivity contribution is 5.04. The molecule has 0 atom stereocenters. The van der Waals surface area contributed by atoms with Gasteiger partial charge >= 0.3 is 0 Å². The molecule has 2 heterocycles. The second-order valence-electron chi connectivity index (χ2n) is 4.56. The van der Waals surface area contributed by atoms with Crippen LogP contribution in [0.3, 0.4) is 0 Å². The van der Waals surface area contributed by atoms with Crippen LogP contribution < -0.4 is 5.32 Å². The molecule has 0 aromatic heterocycles. The minimum Gasteiger partial charge on any atom is -0.316 e. The third-order valence-corrected chi connectivity index (χ3v) is 3.47. The van der Waals surface area contributed by atoms with Gasteiger partial charge in [-0.2, -0.15) is 0 Å². The summed E-state index contributed by atoms with van der Waals surface area (Å²) in [4.78, 5) is 2.67. The molecule has 0 amide bonds. The van der Waals surface area contributed by atoms with Crippen molar-refractivity contribution in [2.24, 2.45) is 5.41 Å². The largest absolute Gasteiger partial charge is 0.316 e. The summed E-state index contributed by atoms with van der Waals surface area (Å²) in [5.74, 6) is 0. The number of rotatable bonds is 1. The molecule has 3 aliphatic rings. The average molecular weight is 152 g/mol. The first-order valence-electron chi connectivity index (χ1n) is 4.83. The fourth-order valence-corrected chi connectivity index (χ4v) is 2.58. The van der Waals surface area contributed by atoms with Crippen LogP contribution in [0.1, 0.15) is 19.3 Å². The molecule has 3 rings (SSSR count). The van der Waals surface area contributed by atoms with E-state index in [1.807, 2.05) is 0 Å². The van der Waals surface area contributed by atoms with Gasteiger partial charge in [-0.05, 0) is 25.8 Å². The van der Waals surface area contributed by atoms with Crippen molar-refractivity contribution in [3.8, 4) is 0 Å². The SMILES string of the molecule is C1CC2(CN1)CN(C1CC1)C2. The fourth-order valence-electron chi connectivity index (χ4n) is 2.58. The molecule has 3 fully saturated rings. The Morgan fingerprint density at radius 3 is 2.64 bits per heavy atom. The molecule has 0 unspecified atom stereocenters. The van der Waals surface area contributed by atoms with Crippen molar-refractivity contribution in [1.82, 2.24) is 10.2 Å². The molecule has 0 radical (unpaired) electrons. The van der Waals surface area contributed by atoms with E-state index in [1.165, 1.54) is 45.4 Å². The summed E-state index contributed by atoms with van der Waals surface area (Å²) < 4.78 is 0. The van der Waals surface area contributed by atoms with Gasteiger partial charge in [0.15, 0.2) is 0 Å².